The van der Waals surface area contributed by atoms with Crippen LogP contribution < -0.4 is 0 Å². The van der Waals surface area contributed by atoms with Crippen LogP contribution in [-0.4, -0.2) is 37.3 Å². The Bertz CT molecular complexity index is 521. The molecular weight excluding hydrogens is 254 g/mol. The Hall–Kier alpha value is -1.74. The molecule has 0 saturated carbocycles. The summed E-state index contributed by atoms with van der Waals surface area (Å²) >= 11 is 9.63. The molecule has 0 saturated heterocycles. The van der Waals surface area contributed by atoms with Crippen molar-refractivity contribution >= 4 is 36.6 Å². The van der Waals surface area contributed by atoms with Gasteiger partial charge in [-0.05, 0) is 12.2 Å². The lowest BCUT2D eigenvalue weighted by Crippen LogP contribution is -2.34. The summed E-state index contributed by atoms with van der Waals surface area (Å²) in [5.41, 5.74) is 0.327. The van der Waals surface area contributed by atoms with E-state index in [0.29, 0.717) is 5.56 Å². The number of aromatic nitrogens is 2. The molecule has 4 N–H and O–H groups in total. The molecule has 0 radical (unpaired) electrons. The van der Waals surface area contributed by atoms with Crippen LogP contribution in [0.5, 0.6) is 0 Å². The molecule has 1 aromatic rings. The highest BCUT2D eigenvalue weighted by molar-refractivity contribution is 7.72. The Morgan fingerprint density at radius 3 is 2.31 bits per heavy atom. The Balaban J connectivity index is 3.03. The molecule has 0 spiro atoms. The maximum Gasteiger partial charge on any atom is 0.417 e. The summed E-state index contributed by atoms with van der Waals surface area (Å²) in [6, 6.07) is 0. The van der Waals surface area contributed by atoms with E-state index >= 15 is 0 Å². The molecule has 0 atom stereocenters. The minimum Gasteiger partial charge on any atom is -0.465 e. The largest absolute Gasteiger partial charge is 0.465 e. The van der Waals surface area contributed by atoms with Gasteiger partial charge in [-0.15, -0.1) is 0 Å². The first-order chi connectivity index (χ1) is 7.41. The van der Waals surface area contributed by atoms with Gasteiger partial charge in [0.15, 0.2) is 4.77 Å². The maximum atomic E-state index is 10.6. The van der Waals surface area contributed by atoms with Crippen LogP contribution in [0.4, 0.5) is 9.59 Å². The molecule has 9 heteroatoms. The number of rotatable bonds is 2. The van der Waals surface area contributed by atoms with Gasteiger partial charge < -0.3 is 20.2 Å². The molecule has 1 heterocycles. The first-order valence-corrected chi connectivity index (χ1v) is 4.77. The molecule has 0 aromatic carbocycles. The summed E-state index contributed by atoms with van der Waals surface area (Å²) in [4.78, 5) is 26.6. The van der Waals surface area contributed by atoms with Gasteiger partial charge in [0.2, 0.25) is 0 Å². The number of nitrogens with zero attached hydrogens (tertiary/aromatic N) is 1. The van der Waals surface area contributed by atoms with Crippen LogP contribution >= 0.6 is 24.4 Å². The second-order valence-electron chi connectivity index (χ2n) is 2.75. The zero-order valence-corrected chi connectivity index (χ0v) is 9.39. The van der Waals surface area contributed by atoms with E-state index in [0.717, 1.165) is 0 Å². The van der Waals surface area contributed by atoms with E-state index in [4.69, 9.17) is 34.6 Å². The fourth-order valence-corrected chi connectivity index (χ4v) is 1.39. The van der Waals surface area contributed by atoms with Crippen molar-refractivity contribution in [2.75, 3.05) is 0 Å². The first kappa shape index (κ1) is 12.3. The van der Waals surface area contributed by atoms with Crippen LogP contribution in [0.3, 0.4) is 0 Å². The summed E-state index contributed by atoms with van der Waals surface area (Å²) in [7, 11) is 0. The van der Waals surface area contributed by atoms with Gasteiger partial charge in [0.1, 0.15) is 4.64 Å². The third-order valence-corrected chi connectivity index (χ3v) is 2.27. The number of carbonyl (C=O) groups is 2. The number of nitrogens with one attached hydrogen (secondary N) is 2. The smallest absolute Gasteiger partial charge is 0.417 e. The maximum absolute atomic E-state index is 10.6. The van der Waals surface area contributed by atoms with Gasteiger partial charge >= 0.3 is 12.2 Å². The number of aromatic amines is 2. The zero-order valence-electron chi connectivity index (χ0n) is 7.76. The lowest BCUT2D eigenvalue weighted by molar-refractivity contribution is 0.120. The van der Waals surface area contributed by atoms with Crippen molar-refractivity contribution in [3.63, 3.8) is 0 Å². The second kappa shape index (κ2) is 4.86. The summed E-state index contributed by atoms with van der Waals surface area (Å²) in [6.07, 6.45) is -1.76. The topological polar surface area (TPSA) is 109 Å². The molecule has 16 heavy (non-hydrogen) atoms. The quantitative estimate of drug-likeness (QED) is 0.606. The number of H-pyrrole nitrogens is 2. The Labute approximate surface area is 99.4 Å². The summed E-state index contributed by atoms with van der Waals surface area (Å²) in [6.45, 7) is -0.355. The van der Waals surface area contributed by atoms with Crippen molar-refractivity contribution in [2.45, 2.75) is 6.54 Å². The van der Waals surface area contributed by atoms with Gasteiger partial charge in [0.25, 0.3) is 0 Å². The average molecular weight is 261 g/mol. The van der Waals surface area contributed by atoms with Crippen molar-refractivity contribution in [2.24, 2.45) is 0 Å². The van der Waals surface area contributed by atoms with Crippen molar-refractivity contribution in [3.05, 3.63) is 21.2 Å². The van der Waals surface area contributed by atoms with E-state index in [2.05, 4.69) is 9.97 Å². The summed E-state index contributed by atoms with van der Waals surface area (Å²) in [5, 5.41) is 17.2. The molecule has 7 nitrogen and oxygen atoms in total. The molecule has 86 valence electrons. The summed E-state index contributed by atoms with van der Waals surface area (Å²) < 4.78 is 0.488. The molecule has 1 aromatic heterocycles. The van der Waals surface area contributed by atoms with Crippen molar-refractivity contribution in [1.29, 1.82) is 0 Å². The molecule has 0 aliphatic carbocycles. The van der Waals surface area contributed by atoms with Crippen LogP contribution in [0.25, 0.3) is 0 Å². The van der Waals surface area contributed by atoms with Crippen molar-refractivity contribution < 1.29 is 19.8 Å². The SMILES string of the molecule is O=C(O)N(Cc1c[nH]c(=S)[nH]c1=S)C(=O)O. The number of carboxylic acid groups (broad SMARTS) is 2. The molecule has 0 aliphatic rings. The molecule has 0 aliphatic heterocycles. The van der Waals surface area contributed by atoms with E-state index in [-0.39, 0.29) is 20.9 Å². The van der Waals surface area contributed by atoms with Gasteiger partial charge in [-0.25, -0.2) is 14.5 Å². The van der Waals surface area contributed by atoms with E-state index in [1.54, 1.807) is 0 Å². The van der Waals surface area contributed by atoms with Crippen LogP contribution in [-0.2, 0) is 6.54 Å². The normalized spacial score (nSPS) is 9.75. The fourth-order valence-electron chi connectivity index (χ4n) is 0.943. The number of imide groups is 1. The standard InChI is InChI=1S/C7H7N3O4S2/c11-6(12)10(7(13)14)2-3-1-8-5(16)9-4(3)15/h1H,2H2,(H,11,12)(H,13,14)(H2,8,9,15,16). The van der Waals surface area contributed by atoms with Gasteiger partial charge in [0.05, 0.1) is 6.54 Å². The highest BCUT2D eigenvalue weighted by Gasteiger charge is 2.20. The van der Waals surface area contributed by atoms with Gasteiger partial charge in [-0.3, -0.25) is 0 Å². The third kappa shape index (κ3) is 2.87. The third-order valence-electron chi connectivity index (χ3n) is 1.69. The highest BCUT2D eigenvalue weighted by Crippen LogP contribution is 2.05. The lowest BCUT2D eigenvalue weighted by Gasteiger charge is -2.12. The van der Waals surface area contributed by atoms with Gasteiger partial charge in [-0.2, -0.15) is 0 Å². The molecule has 1 rings (SSSR count). The predicted molar refractivity (Wildman–Crippen MR) is 58.4 cm³/mol. The molecule has 0 unspecified atom stereocenters. The monoisotopic (exact) mass is 261 g/mol. The molecule has 0 fully saturated rings. The van der Waals surface area contributed by atoms with E-state index in [1.165, 1.54) is 6.20 Å². The molecule has 2 amide bonds. The minimum absolute atomic E-state index is 0.205. The Morgan fingerprint density at radius 2 is 1.88 bits per heavy atom. The van der Waals surface area contributed by atoms with Crippen LogP contribution in [0.2, 0.25) is 0 Å². The second-order valence-corrected chi connectivity index (χ2v) is 3.56. The minimum atomic E-state index is -1.57. The van der Waals surface area contributed by atoms with Crippen LogP contribution in [0.15, 0.2) is 6.20 Å². The van der Waals surface area contributed by atoms with E-state index in [1.807, 2.05) is 0 Å². The van der Waals surface area contributed by atoms with Crippen molar-refractivity contribution in [1.82, 2.24) is 14.9 Å². The number of hydrogen-bond acceptors (Lipinski definition) is 4. The lowest BCUT2D eigenvalue weighted by atomic mass is 10.3. The van der Waals surface area contributed by atoms with Gasteiger partial charge in [0, 0.05) is 11.8 Å². The number of amides is 2. The Kier molecular flexibility index (Phi) is 3.74. The number of hydrogen-bond donors (Lipinski definition) is 4. The first-order valence-electron chi connectivity index (χ1n) is 3.96. The predicted octanol–water partition coefficient (Wildman–Crippen LogP) is 1.96. The van der Waals surface area contributed by atoms with Gasteiger partial charge in [-0.1, -0.05) is 12.2 Å². The average Bonchev–Trinajstić information content (AvgIpc) is 2.15. The van der Waals surface area contributed by atoms with Crippen LogP contribution in [0.1, 0.15) is 5.56 Å². The highest BCUT2D eigenvalue weighted by atomic mass is 32.1. The van der Waals surface area contributed by atoms with E-state index in [9.17, 15) is 9.59 Å². The van der Waals surface area contributed by atoms with Crippen molar-refractivity contribution in [3.8, 4) is 0 Å². The summed E-state index contributed by atoms with van der Waals surface area (Å²) in [5.74, 6) is 0. The fraction of sp³-hybridized carbons (Fsp3) is 0.143. The molecule has 0 bridgehead atoms. The Morgan fingerprint density at radius 1 is 1.31 bits per heavy atom. The van der Waals surface area contributed by atoms with E-state index < -0.39 is 12.2 Å². The molecular formula is C7H7N3O4S2. The zero-order chi connectivity index (χ0) is 12.3. The van der Waals surface area contributed by atoms with Crippen LogP contribution in [0, 0.1) is 9.41 Å².